The van der Waals surface area contributed by atoms with Crippen molar-refractivity contribution in [1.82, 2.24) is 5.32 Å². The van der Waals surface area contributed by atoms with Gasteiger partial charge in [-0.2, -0.15) is 0 Å². The van der Waals surface area contributed by atoms with E-state index in [1.54, 1.807) is 7.11 Å². The van der Waals surface area contributed by atoms with Crippen LogP contribution in [0.1, 0.15) is 19.4 Å². The van der Waals surface area contributed by atoms with E-state index in [1.165, 1.54) is 6.92 Å². The topological polar surface area (TPSA) is 47.6 Å². The summed E-state index contributed by atoms with van der Waals surface area (Å²) in [5, 5.41) is 3.23. The lowest BCUT2D eigenvalue weighted by atomic mass is 10.2. The molecule has 1 N–H and O–H groups in total. The molecule has 0 radical (unpaired) electrons. The minimum atomic E-state index is -0.249. The first-order valence-corrected chi connectivity index (χ1v) is 5.62. The average Bonchev–Trinajstić information content (AvgIpc) is 2.28. The first kappa shape index (κ1) is 13.5. The molecule has 1 aromatic carbocycles. The minimum absolute atomic E-state index is 0.113. The maximum atomic E-state index is 10.7. The van der Waals surface area contributed by atoms with Gasteiger partial charge < -0.3 is 14.8 Å². The fourth-order valence-electron chi connectivity index (χ4n) is 1.53. The molecule has 4 heteroatoms. The van der Waals surface area contributed by atoms with Crippen molar-refractivity contribution in [3.8, 4) is 5.75 Å². The fraction of sp³-hybridized carbons (Fsp3) is 0.462. The molecule has 1 rings (SSSR count). The molecule has 1 unspecified atom stereocenters. The molecule has 0 aliphatic heterocycles. The molecule has 0 aliphatic carbocycles. The lowest BCUT2D eigenvalue weighted by Gasteiger charge is -2.13. The van der Waals surface area contributed by atoms with Gasteiger partial charge in [0.2, 0.25) is 0 Å². The van der Waals surface area contributed by atoms with Crippen LogP contribution in [0.25, 0.3) is 0 Å². The summed E-state index contributed by atoms with van der Waals surface area (Å²) in [7, 11) is 1.65. The highest BCUT2D eigenvalue weighted by atomic mass is 16.5. The highest BCUT2D eigenvalue weighted by molar-refractivity contribution is 5.66. The van der Waals surface area contributed by atoms with Crippen LogP contribution < -0.4 is 10.1 Å². The molecule has 0 bridgehead atoms. The van der Waals surface area contributed by atoms with E-state index in [0.717, 1.165) is 17.9 Å². The van der Waals surface area contributed by atoms with Crippen molar-refractivity contribution in [2.24, 2.45) is 0 Å². The molecule has 94 valence electrons. The zero-order valence-electron chi connectivity index (χ0n) is 10.5. The van der Waals surface area contributed by atoms with Crippen LogP contribution in [0, 0.1) is 0 Å². The predicted molar refractivity (Wildman–Crippen MR) is 65.9 cm³/mol. The van der Waals surface area contributed by atoms with Crippen molar-refractivity contribution in [3.05, 3.63) is 29.8 Å². The van der Waals surface area contributed by atoms with Crippen LogP contribution in [-0.4, -0.2) is 25.7 Å². The van der Waals surface area contributed by atoms with Crippen molar-refractivity contribution in [2.75, 3.05) is 13.7 Å². The van der Waals surface area contributed by atoms with Crippen LogP contribution in [0.15, 0.2) is 24.3 Å². The average molecular weight is 237 g/mol. The third-order valence-electron chi connectivity index (χ3n) is 2.26. The fourth-order valence-corrected chi connectivity index (χ4v) is 1.53. The highest BCUT2D eigenvalue weighted by Gasteiger charge is 2.04. The van der Waals surface area contributed by atoms with Gasteiger partial charge in [0.25, 0.3) is 0 Å². The summed E-state index contributed by atoms with van der Waals surface area (Å²) in [6.45, 7) is 4.64. The van der Waals surface area contributed by atoms with E-state index in [1.807, 2.05) is 31.2 Å². The van der Waals surface area contributed by atoms with Gasteiger partial charge in [-0.25, -0.2) is 0 Å². The van der Waals surface area contributed by atoms with Crippen molar-refractivity contribution in [3.63, 3.8) is 0 Å². The quantitative estimate of drug-likeness (QED) is 0.765. The molecule has 0 amide bonds. The van der Waals surface area contributed by atoms with Gasteiger partial charge in [-0.15, -0.1) is 0 Å². The van der Waals surface area contributed by atoms with Crippen molar-refractivity contribution >= 4 is 5.97 Å². The third-order valence-corrected chi connectivity index (χ3v) is 2.26. The molecule has 0 saturated heterocycles. The molecule has 17 heavy (non-hydrogen) atoms. The molecule has 0 aliphatic rings. The summed E-state index contributed by atoms with van der Waals surface area (Å²) in [6.07, 6.45) is -0.113. The number of esters is 1. The number of rotatable bonds is 6. The van der Waals surface area contributed by atoms with Crippen LogP contribution in [0.4, 0.5) is 0 Å². The number of ether oxygens (including phenoxy) is 2. The Morgan fingerprint density at radius 3 is 2.88 bits per heavy atom. The number of hydrogen-bond acceptors (Lipinski definition) is 4. The summed E-state index contributed by atoms with van der Waals surface area (Å²) < 4.78 is 10.1. The van der Waals surface area contributed by atoms with Crippen molar-refractivity contribution in [1.29, 1.82) is 0 Å². The van der Waals surface area contributed by atoms with Crippen LogP contribution in [0.2, 0.25) is 0 Å². The minimum Gasteiger partial charge on any atom is -0.497 e. The number of benzene rings is 1. The molecular formula is C13H19NO3. The largest absolute Gasteiger partial charge is 0.497 e. The Morgan fingerprint density at radius 2 is 2.24 bits per heavy atom. The van der Waals surface area contributed by atoms with E-state index in [4.69, 9.17) is 9.47 Å². The van der Waals surface area contributed by atoms with E-state index in [0.29, 0.717) is 6.54 Å². The monoisotopic (exact) mass is 237 g/mol. The molecule has 0 heterocycles. The number of hydrogen-bond donors (Lipinski definition) is 1. The van der Waals surface area contributed by atoms with Crippen LogP contribution in [-0.2, 0) is 16.1 Å². The zero-order chi connectivity index (χ0) is 12.7. The first-order chi connectivity index (χ1) is 8.11. The van der Waals surface area contributed by atoms with Gasteiger partial charge in [0.05, 0.1) is 7.11 Å². The lowest BCUT2D eigenvalue weighted by molar-refractivity contribution is -0.145. The van der Waals surface area contributed by atoms with Crippen LogP contribution >= 0.6 is 0 Å². The summed E-state index contributed by atoms with van der Waals surface area (Å²) in [4.78, 5) is 10.7. The van der Waals surface area contributed by atoms with Gasteiger partial charge in [0.15, 0.2) is 0 Å². The SMILES string of the molecule is COc1cccc(CNCC(C)OC(C)=O)c1. The second kappa shape index (κ2) is 6.91. The van der Waals surface area contributed by atoms with E-state index in [2.05, 4.69) is 5.32 Å². The standard InChI is InChI=1S/C13H19NO3/c1-10(17-11(2)15)8-14-9-12-5-4-6-13(7-12)16-3/h4-7,10,14H,8-9H2,1-3H3. The Morgan fingerprint density at radius 1 is 1.47 bits per heavy atom. The maximum absolute atomic E-state index is 10.7. The first-order valence-electron chi connectivity index (χ1n) is 5.62. The Bertz CT molecular complexity index is 365. The second-order valence-electron chi connectivity index (χ2n) is 3.90. The molecule has 0 spiro atoms. The summed E-state index contributed by atoms with van der Waals surface area (Å²) in [5.74, 6) is 0.595. The molecule has 0 aromatic heterocycles. The van der Waals surface area contributed by atoms with Crippen molar-refractivity contribution < 1.29 is 14.3 Å². The molecule has 1 atom stereocenters. The van der Waals surface area contributed by atoms with E-state index in [9.17, 15) is 4.79 Å². The molecular weight excluding hydrogens is 218 g/mol. The van der Waals surface area contributed by atoms with Gasteiger partial charge in [-0.1, -0.05) is 12.1 Å². The van der Waals surface area contributed by atoms with Gasteiger partial charge in [-0.3, -0.25) is 4.79 Å². The normalized spacial score (nSPS) is 11.9. The summed E-state index contributed by atoms with van der Waals surface area (Å²) >= 11 is 0. The predicted octanol–water partition coefficient (Wildman–Crippen LogP) is 1.74. The molecule has 4 nitrogen and oxygen atoms in total. The number of nitrogens with one attached hydrogen (secondary N) is 1. The highest BCUT2D eigenvalue weighted by Crippen LogP contribution is 2.12. The zero-order valence-corrected chi connectivity index (χ0v) is 10.5. The molecule has 0 saturated carbocycles. The van der Waals surface area contributed by atoms with Gasteiger partial charge in [0.1, 0.15) is 11.9 Å². The van der Waals surface area contributed by atoms with Crippen LogP contribution in [0.3, 0.4) is 0 Å². The Balaban J connectivity index is 2.32. The number of methoxy groups -OCH3 is 1. The smallest absolute Gasteiger partial charge is 0.302 e. The number of carbonyl (C=O) groups excluding carboxylic acids is 1. The van der Waals surface area contributed by atoms with Crippen molar-refractivity contribution in [2.45, 2.75) is 26.5 Å². The van der Waals surface area contributed by atoms with Gasteiger partial charge in [-0.05, 0) is 24.6 Å². The lowest BCUT2D eigenvalue weighted by Crippen LogP contribution is -2.27. The van der Waals surface area contributed by atoms with E-state index >= 15 is 0 Å². The molecule has 0 fully saturated rings. The summed E-state index contributed by atoms with van der Waals surface area (Å²) in [5.41, 5.74) is 1.14. The second-order valence-corrected chi connectivity index (χ2v) is 3.90. The Kier molecular flexibility index (Phi) is 5.49. The van der Waals surface area contributed by atoms with E-state index in [-0.39, 0.29) is 12.1 Å². The maximum Gasteiger partial charge on any atom is 0.302 e. The Hall–Kier alpha value is -1.55. The van der Waals surface area contributed by atoms with Gasteiger partial charge >= 0.3 is 5.97 Å². The van der Waals surface area contributed by atoms with E-state index < -0.39 is 0 Å². The number of carbonyl (C=O) groups is 1. The molecule has 1 aromatic rings. The van der Waals surface area contributed by atoms with Gasteiger partial charge in [0, 0.05) is 20.0 Å². The summed E-state index contributed by atoms with van der Waals surface area (Å²) in [6, 6.07) is 7.85. The van der Waals surface area contributed by atoms with Crippen LogP contribution in [0.5, 0.6) is 5.75 Å². The third kappa shape index (κ3) is 5.36. The Labute approximate surface area is 102 Å².